The highest BCUT2D eigenvalue weighted by molar-refractivity contribution is 6.33. The van der Waals surface area contributed by atoms with Gasteiger partial charge in [-0.05, 0) is 74.4 Å². The third-order valence-corrected chi connectivity index (χ3v) is 6.80. The summed E-state index contributed by atoms with van der Waals surface area (Å²) >= 11 is 6.22. The molecule has 1 aromatic heterocycles. The van der Waals surface area contributed by atoms with Crippen LogP contribution in [-0.4, -0.2) is 45.8 Å². The Balaban J connectivity index is 1.15. The van der Waals surface area contributed by atoms with Crippen LogP contribution in [0.4, 0.5) is 4.39 Å². The molecule has 178 valence electrons. The summed E-state index contributed by atoms with van der Waals surface area (Å²) in [7, 11) is 0. The molecule has 3 aromatic rings. The molecule has 1 aliphatic heterocycles. The maximum absolute atomic E-state index is 14.2. The molecule has 1 saturated heterocycles. The van der Waals surface area contributed by atoms with Crippen LogP contribution in [0.2, 0.25) is 5.02 Å². The van der Waals surface area contributed by atoms with Gasteiger partial charge in [0, 0.05) is 11.6 Å². The lowest BCUT2D eigenvalue weighted by Crippen LogP contribution is -2.35. The normalized spacial score (nSPS) is 17.1. The van der Waals surface area contributed by atoms with Crippen LogP contribution in [-0.2, 0) is 6.54 Å². The van der Waals surface area contributed by atoms with Crippen molar-refractivity contribution in [1.29, 1.82) is 0 Å². The Bertz CT molecular complexity index is 1190. The van der Waals surface area contributed by atoms with Gasteiger partial charge in [-0.2, -0.15) is 4.98 Å². The number of aromatic nitrogens is 2. The molecule has 7 nitrogen and oxygen atoms in total. The fraction of sp³-hybridized carbons (Fsp3) is 0.400. The van der Waals surface area contributed by atoms with E-state index in [9.17, 15) is 14.3 Å². The lowest BCUT2D eigenvalue weighted by Gasteiger charge is -2.31. The minimum atomic E-state index is -1.25. The number of nitrogens with zero attached hydrogens (tertiary/aromatic N) is 3. The molecular formula is C25H25ClFN3O4. The number of carboxylic acid groups (broad SMARTS) is 1. The van der Waals surface area contributed by atoms with Crippen LogP contribution in [0.25, 0.3) is 11.4 Å². The predicted octanol–water partition coefficient (Wildman–Crippen LogP) is 5.40. The van der Waals surface area contributed by atoms with E-state index in [0.29, 0.717) is 41.6 Å². The van der Waals surface area contributed by atoms with Gasteiger partial charge in [0.2, 0.25) is 11.7 Å². The third-order valence-electron chi connectivity index (χ3n) is 6.47. The smallest absolute Gasteiger partial charge is 0.338 e. The average molecular weight is 486 g/mol. The second-order valence-electron chi connectivity index (χ2n) is 8.97. The van der Waals surface area contributed by atoms with Gasteiger partial charge in [0.05, 0.1) is 23.7 Å². The number of halogens is 2. The lowest BCUT2D eigenvalue weighted by molar-refractivity contribution is 0.0691. The van der Waals surface area contributed by atoms with Crippen molar-refractivity contribution >= 4 is 17.6 Å². The van der Waals surface area contributed by atoms with E-state index in [0.717, 1.165) is 49.9 Å². The molecule has 1 N–H and O–H groups in total. The molecule has 9 heteroatoms. The summed E-state index contributed by atoms with van der Waals surface area (Å²) in [4.78, 5) is 18.0. The largest absolute Gasteiger partial charge is 0.493 e. The van der Waals surface area contributed by atoms with Crippen LogP contribution in [0.15, 0.2) is 40.9 Å². The Morgan fingerprint density at radius 3 is 2.68 bits per heavy atom. The van der Waals surface area contributed by atoms with Gasteiger partial charge in [-0.3, -0.25) is 4.90 Å². The first-order chi connectivity index (χ1) is 16.5. The minimum absolute atomic E-state index is 0.264. The van der Waals surface area contributed by atoms with Gasteiger partial charge in [0.15, 0.2) is 0 Å². The Hall–Kier alpha value is -2.97. The minimum Gasteiger partial charge on any atom is -0.493 e. The van der Waals surface area contributed by atoms with Crippen molar-refractivity contribution in [1.82, 2.24) is 15.0 Å². The van der Waals surface area contributed by atoms with Crippen molar-refractivity contribution in [2.24, 2.45) is 5.92 Å². The fourth-order valence-corrected chi connectivity index (χ4v) is 4.58. The first-order valence-electron chi connectivity index (χ1n) is 11.5. The monoisotopic (exact) mass is 485 g/mol. The van der Waals surface area contributed by atoms with Gasteiger partial charge in [0.1, 0.15) is 11.6 Å². The van der Waals surface area contributed by atoms with E-state index in [1.54, 1.807) is 6.07 Å². The van der Waals surface area contributed by atoms with E-state index in [2.05, 4.69) is 15.0 Å². The first kappa shape index (κ1) is 22.8. The number of hydrogen-bond acceptors (Lipinski definition) is 6. The number of aromatic carboxylic acids is 1. The zero-order valence-electron chi connectivity index (χ0n) is 18.5. The molecule has 1 saturated carbocycles. The van der Waals surface area contributed by atoms with Crippen molar-refractivity contribution in [3.05, 3.63) is 64.3 Å². The quantitative estimate of drug-likeness (QED) is 0.457. The summed E-state index contributed by atoms with van der Waals surface area (Å²) in [6.45, 7) is 2.77. The number of piperidine rings is 1. The number of likely N-dealkylation sites (tertiary alicyclic amines) is 1. The second-order valence-corrected chi connectivity index (χ2v) is 9.38. The van der Waals surface area contributed by atoms with Gasteiger partial charge in [-0.15, -0.1) is 0 Å². The second kappa shape index (κ2) is 9.72. The molecule has 2 aromatic carbocycles. The summed E-state index contributed by atoms with van der Waals surface area (Å²) in [6.07, 6.45) is 3.82. The molecule has 0 unspecified atom stereocenters. The van der Waals surface area contributed by atoms with E-state index >= 15 is 0 Å². The number of hydrogen-bond donors (Lipinski definition) is 1. The van der Waals surface area contributed by atoms with E-state index in [4.69, 9.17) is 20.9 Å². The number of rotatable bonds is 8. The molecule has 34 heavy (non-hydrogen) atoms. The summed E-state index contributed by atoms with van der Waals surface area (Å²) in [5, 5.41) is 13.9. The van der Waals surface area contributed by atoms with Crippen LogP contribution < -0.4 is 4.74 Å². The van der Waals surface area contributed by atoms with Crippen molar-refractivity contribution in [3.63, 3.8) is 0 Å². The highest BCUT2D eigenvalue weighted by Crippen LogP contribution is 2.45. The zero-order valence-corrected chi connectivity index (χ0v) is 19.3. The summed E-state index contributed by atoms with van der Waals surface area (Å²) in [5.41, 5.74) is 1.26. The van der Waals surface area contributed by atoms with Gasteiger partial charge in [-0.1, -0.05) is 28.9 Å². The zero-order chi connectivity index (χ0) is 23.7. The topological polar surface area (TPSA) is 88.7 Å². The van der Waals surface area contributed by atoms with Crippen molar-refractivity contribution < 1.29 is 23.6 Å². The summed E-state index contributed by atoms with van der Waals surface area (Å²) < 4.78 is 25.7. The number of ether oxygens (including phenoxy) is 1. The molecule has 5 rings (SSSR count). The van der Waals surface area contributed by atoms with Crippen LogP contribution in [0.1, 0.15) is 53.4 Å². The molecule has 1 aliphatic carbocycles. The van der Waals surface area contributed by atoms with Gasteiger partial charge < -0.3 is 14.4 Å². The third kappa shape index (κ3) is 5.08. The molecule has 0 radical (unpaired) electrons. The molecule has 2 heterocycles. The van der Waals surface area contributed by atoms with Gasteiger partial charge >= 0.3 is 5.97 Å². The number of carboxylic acids is 1. The number of benzene rings is 2. The molecular weight excluding hydrogens is 461 g/mol. The van der Waals surface area contributed by atoms with E-state index in [-0.39, 0.29) is 11.5 Å². The van der Waals surface area contributed by atoms with Crippen LogP contribution >= 0.6 is 11.6 Å². The number of carbonyl (C=O) groups is 1. The first-order valence-corrected chi connectivity index (χ1v) is 11.8. The van der Waals surface area contributed by atoms with Crippen LogP contribution in [0, 0.1) is 11.7 Å². The Labute approximate surface area is 201 Å². The maximum Gasteiger partial charge on any atom is 0.338 e. The Morgan fingerprint density at radius 2 is 1.97 bits per heavy atom. The molecule has 0 atom stereocenters. The van der Waals surface area contributed by atoms with Crippen LogP contribution in [0.3, 0.4) is 0 Å². The predicted molar refractivity (Wildman–Crippen MR) is 124 cm³/mol. The fourth-order valence-electron chi connectivity index (χ4n) is 4.36. The maximum atomic E-state index is 14.2. The van der Waals surface area contributed by atoms with E-state index in [1.807, 2.05) is 18.2 Å². The summed E-state index contributed by atoms with van der Waals surface area (Å²) in [5.74, 6) is 0.109. The SMILES string of the molecule is O=C(O)c1cc(C2CC2)c(OCC2CCN(Cc3nc(-c4ccccc4Cl)no3)CC2)cc1F. The summed E-state index contributed by atoms with van der Waals surface area (Å²) in [6, 6.07) is 10.1. The highest BCUT2D eigenvalue weighted by atomic mass is 35.5. The van der Waals surface area contributed by atoms with Gasteiger partial charge in [-0.25, -0.2) is 9.18 Å². The molecule has 2 aliphatic rings. The van der Waals surface area contributed by atoms with Crippen molar-refractivity contribution in [3.8, 4) is 17.1 Å². The Morgan fingerprint density at radius 1 is 1.21 bits per heavy atom. The van der Waals surface area contributed by atoms with Crippen LogP contribution in [0.5, 0.6) is 5.75 Å². The highest BCUT2D eigenvalue weighted by Gasteiger charge is 2.30. The molecule has 0 bridgehead atoms. The average Bonchev–Trinajstić information content (AvgIpc) is 3.57. The van der Waals surface area contributed by atoms with Crippen molar-refractivity contribution in [2.75, 3.05) is 19.7 Å². The standard InChI is InChI=1S/C25H25ClFN3O4/c26-20-4-2-1-3-17(20)24-28-23(34-29-24)13-30-9-7-15(8-10-30)14-33-22-12-21(27)19(25(31)32)11-18(22)16-5-6-16/h1-4,11-12,15-16H,5-10,13-14H2,(H,31,32). The van der Waals surface area contributed by atoms with E-state index in [1.165, 1.54) is 12.1 Å². The van der Waals surface area contributed by atoms with Crippen molar-refractivity contribution in [2.45, 2.75) is 38.1 Å². The molecule has 2 fully saturated rings. The van der Waals surface area contributed by atoms with E-state index < -0.39 is 11.8 Å². The lowest BCUT2D eigenvalue weighted by atomic mass is 9.97. The molecule has 0 spiro atoms. The van der Waals surface area contributed by atoms with Gasteiger partial charge in [0.25, 0.3) is 0 Å². The molecule has 0 amide bonds. The Kier molecular flexibility index (Phi) is 6.52.